The summed E-state index contributed by atoms with van der Waals surface area (Å²) in [6, 6.07) is 11.2. The number of nitrogens with one attached hydrogen (secondary N) is 1. The van der Waals surface area contributed by atoms with Crippen molar-refractivity contribution in [3.8, 4) is 5.75 Å². The Kier molecular flexibility index (Phi) is 5.84. The van der Waals surface area contributed by atoms with Gasteiger partial charge < -0.3 is 10.1 Å². The van der Waals surface area contributed by atoms with Gasteiger partial charge >= 0.3 is 6.61 Å². The maximum atomic E-state index is 13.1. The summed E-state index contributed by atoms with van der Waals surface area (Å²) in [4.78, 5) is 12.5. The first kappa shape index (κ1) is 17.8. The number of ether oxygens (including phenoxy) is 1. The highest BCUT2D eigenvalue weighted by molar-refractivity contribution is 5.97. The average molecular weight is 337 g/mol. The van der Waals surface area contributed by atoms with E-state index in [0.717, 1.165) is 5.56 Å². The number of carbonyl (C=O) groups excluding carboxylic acids is 1. The van der Waals surface area contributed by atoms with Crippen LogP contribution in [-0.2, 0) is 0 Å². The number of hydrogen-bond donors (Lipinski definition) is 1. The van der Waals surface area contributed by atoms with Crippen LogP contribution >= 0.6 is 0 Å². The first-order chi connectivity index (χ1) is 11.4. The number of hydrogen-bond acceptors (Lipinski definition) is 2. The smallest absolute Gasteiger partial charge is 0.387 e. The molecule has 1 atom stereocenters. The molecule has 0 saturated heterocycles. The summed E-state index contributed by atoms with van der Waals surface area (Å²) in [6.07, 6.45) is 0. The minimum atomic E-state index is -3.02. The number of carbonyl (C=O) groups is 1. The van der Waals surface area contributed by atoms with E-state index in [-0.39, 0.29) is 23.0 Å². The van der Waals surface area contributed by atoms with E-state index in [1.807, 2.05) is 13.8 Å². The Morgan fingerprint density at radius 2 is 1.67 bits per heavy atom. The molecule has 2 aromatic carbocycles. The molecule has 0 aliphatic heterocycles. The van der Waals surface area contributed by atoms with Crippen molar-refractivity contribution in [3.05, 3.63) is 65.5 Å². The van der Waals surface area contributed by atoms with Crippen molar-refractivity contribution in [2.75, 3.05) is 0 Å². The molecular weight excluding hydrogens is 319 g/mol. The fourth-order valence-electron chi connectivity index (χ4n) is 2.38. The van der Waals surface area contributed by atoms with Crippen LogP contribution in [0.4, 0.5) is 13.2 Å². The van der Waals surface area contributed by atoms with E-state index in [1.165, 1.54) is 30.3 Å². The molecule has 0 fully saturated rings. The molecule has 0 saturated carbocycles. The molecule has 1 amide bonds. The van der Waals surface area contributed by atoms with Gasteiger partial charge in [0.2, 0.25) is 0 Å². The lowest BCUT2D eigenvalue weighted by atomic mass is 9.95. The molecule has 0 aromatic heterocycles. The zero-order valence-corrected chi connectivity index (χ0v) is 13.3. The van der Waals surface area contributed by atoms with Crippen LogP contribution < -0.4 is 10.1 Å². The van der Waals surface area contributed by atoms with Crippen molar-refractivity contribution < 1.29 is 22.7 Å². The highest BCUT2D eigenvalue weighted by Crippen LogP contribution is 2.25. The van der Waals surface area contributed by atoms with Gasteiger partial charge in [0.05, 0.1) is 11.6 Å². The highest BCUT2D eigenvalue weighted by Gasteiger charge is 2.22. The van der Waals surface area contributed by atoms with Crippen LogP contribution in [0.2, 0.25) is 0 Å². The van der Waals surface area contributed by atoms with Gasteiger partial charge in [-0.05, 0) is 35.7 Å². The number of alkyl halides is 2. The quantitative estimate of drug-likeness (QED) is 0.839. The molecule has 2 rings (SSSR count). The van der Waals surface area contributed by atoms with Gasteiger partial charge in [0.25, 0.3) is 5.91 Å². The Balaban J connectivity index is 2.24. The molecule has 2 aromatic rings. The first-order valence-corrected chi connectivity index (χ1v) is 7.48. The molecule has 0 radical (unpaired) electrons. The predicted octanol–water partition coefficient (Wildman–Crippen LogP) is 4.55. The number of benzene rings is 2. The standard InChI is InChI=1S/C18H18F3NO2/c1-11(2)16(12-7-9-13(19)10-8-12)22-17(23)14-5-3-4-6-15(14)24-18(20)21/h3-11,16,18H,1-2H3,(H,22,23). The molecule has 0 spiro atoms. The number of amides is 1. The first-order valence-electron chi connectivity index (χ1n) is 7.48. The van der Waals surface area contributed by atoms with Crippen molar-refractivity contribution in [1.29, 1.82) is 0 Å². The molecule has 0 heterocycles. The molecular formula is C18H18F3NO2. The van der Waals surface area contributed by atoms with Gasteiger partial charge in [0.15, 0.2) is 0 Å². The highest BCUT2D eigenvalue weighted by atomic mass is 19.3. The van der Waals surface area contributed by atoms with Gasteiger partial charge in [-0.2, -0.15) is 8.78 Å². The maximum absolute atomic E-state index is 13.1. The second-order valence-corrected chi connectivity index (χ2v) is 5.62. The molecule has 3 nitrogen and oxygen atoms in total. The van der Waals surface area contributed by atoms with E-state index in [1.54, 1.807) is 18.2 Å². The van der Waals surface area contributed by atoms with E-state index >= 15 is 0 Å². The summed E-state index contributed by atoms with van der Waals surface area (Å²) in [5, 5.41) is 2.80. The van der Waals surface area contributed by atoms with Crippen LogP contribution in [0.3, 0.4) is 0 Å². The molecule has 1 unspecified atom stereocenters. The number of para-hydroxylation sites is 1. The van der Waals surface area contributed by atoms with Crippen LogP contribution in [0.5, 0.6) is 5.75 Å². The van der Waals surface area contributed by atoms with Gasteiger partial charge in [0.1, 0.15) is 11.6 Å². The lowest BCUT2D eigenvalue weighted by Gasteiger charge is -2.23. The SMILES string of the molecule is CC(C)C(NC(=O)c1ccccc1OC(F)F)c1ccc(F)cc1. The topological polar surface area (TPSA) is 38.3 Å². The Hall–Kier alpha value is -2.50. The van der Waals surface area contributed by atoms with Gasteiger partial charge in [0, 0.05) is 0 Å². The predicted molar refractivity (Wildman–Crippen MR) is 84.5 cm³/mol. The fourth-order valence-corrected chi connectivity index (χ4v) is 2.38. The summed E-state index contributed by atoms with van der Waals surface area (Å²) < 4.78 is 42.4. The Morgan fingerprint density at radius 1 is 1.04 bits per heavy atom. The third kappa shape index (κ3) is 4.50. The lowest BCUT2D eigenvalue weighted by molar-refractivity contribution is -0.0501. The van der Waals surface area contributed by atoms with E-state index in [9.17, 15) is 18.0 Å². The molecule has 0 aliphatic carbocycles. The summed E-state index contributed by atoms with van der Waals surface area (Å²) in [5.41, 5.74) is 0.748. The molecule has 6 heteroatoms. The summed E-state index contributed by atoms with van der Waals surface area (Å²) in [5.74, 6) is -1.08. The second kappa shape index (κ2) is 7.86. The second-order valence-electron chi connectivity index (χ2n) is 5.62. The zero-order valence-electron chi connectivity index (χ0n) is 13.3. The Labute approximate surface area is 138 Å². The third-order valence-electron chi connectivity index (χ3n) is 3.53. The molecule has 1 N–H and O–H groups in total. The molecule has 0 aliphatic rings. The van der Waals surface area contributed by atoms with Crippen LogP contribution in [-0.4, -0.2) is 12.5 Å². The minimum absolute atomic E-state index is 0.0163. The van der Waals surface area contributed by atoms with E-state index < -0.39 is 18.6 Å². The van der Waals surface area contributed by atoms with Gasteiger partial charge in [-0.15, -0.1) is 0 Å². The fraction of sp³-hybridized carbons (Fsp3) is 0.278. The molecule has 24 heavy (non-hydrogen) atoms. The van der Waals surface area contributed by atoms with E-state index in [4.69, 9.17) is 0 Å². The van der Waals surface area contributed by atoms with Crippen LogP contribution in [0.25, 0.3) is 0 Å². The maximum Gasteiger partial charge on any atom is 0.387 e. The van der Waals surface area contributed by atoms with Crippen molar-refractivity contribution in [1.82, 2.24) is 5.32 Å². The van der Waals surface area contributed by atoms with Crippen LogP contribution in [0, 0.1) is 11.7 Å². The Bertz CT molecular complexity index is 687. The van der Waals surface area contributed by atoms with Crippen LogP contribution in [0.15, 0.2) is 48.5 Å². The Morgan fingerprint density at radius 3 is 2.25 bits per heavy atom. The van der Waals surface area contributed by atoms with Crippen molar-refractivity contribution in [2.45, 2.75) is 26.5 Å². The molecule has 128 valence electrons. The van der Waals surface area contributed by atoms with Gasteiger partial charge in [-0.3, -0.25) is 4.79 Å². The summed E-state index contributed by atoms with van der Waals surface area (Å²) in [6.45, 7) is 0.781. The van der Waals surface area contributed by atoms with E-state index in [2.05, 4.69) is 10.1 Å². The van der Waals surface area contributed by atoms with Gasteiger partial charge in [-0.25, -0.2) is 4.39 Å². The largest absolute Gasteiger partial charge is 0.434 e. The number of halogens is 3. The van der Waals surface area contributed by atoms with Crippen LogP contribution in [0.1, 0.15) is 35.8 Å². The third-order valence-corrected chi connectivity index (χ3v) is 3.53. The average Bonchev–Trinajstić information content (AvgIpc) is 2.53. The summed E-state index contributed by atoms with van der Waals surface area (Å²) in [7, 11) is 0. The zero-order chi connectivity index (χ0) is 17.7. The summed E-state index contributed by atoms with van der Waals surface area (Å²) >= 11 is 0. The normalized spacial score (nSPS) is 12.3. The number of rotatable bonds is 6. The minimum Gasteiger partial charge on any atom is -0.434 e. The van der Waals surface area contributed by atoms with Crippen molar-refractivity contribution >= 4 is 5.91 Å². The molecule has 0 bridgehead atoms. The monoisotopic (exact) mass is 337 g/mol. The van der Waals surface area contributed by atoms with Crippen molar-refractivity contribution in [2.24, 2.45) is 5.92 Å². The van der Waals surface area contributed by atoms with E-state index in [0.29, 0.717) is 0 Å². The van der Waals surface area contributed by atoms with Crippen molar-refractivity contribution in [3.63, 3.8) is 0 Å². The van der Waals surface area contributed by atoms with Gasteiger partial charge in [-0.1, -0.05) is 38.1 Å². The lowest BCUT2D eigenvalue weighted by Crippen LogP contribution is -2.32.